The summed E-state index contributed by atoms with van der Waals surface area (Å²) in [5.74, 6) is -3.06. The molecule has 0 saturated heterocycles. The van der Waals surface area contributed by atoms with Gasteiger partial charge in [-0.3, -0.25) is 14.6 Å². The molecule has 0 unspecified atom stereocenters. The number of primary amides is 1. The average Bonchev–Trinajstić information content (AvgIpc) is 3.62. The maximum atomic E-state index is 14.3. The Bertz CT molecular complexity index is 2110. The number of carbonyl (C=O) groups is 2. The Balaban J connectivity index is 1.31. The Hall–Kier alpha value is -5.83. The standard InChI is InChI=1S/C36H32F3N5O7/c1-33(32(41)46)18-49-30-23(33)15-27(44-29(30)19-8-9-24-25(13-19)51-36(38,39)50-24)35(47,22-6-4-3-5-7-22)17-42-31(45)20-12-21(16-43-34(37)10-11-34)28(40)26(14-20)48-2/h3-9,12-16,47H,10-11,17-18,40H2,1-2H3,(H2,41,46)(H,42,45)/p+1/b43-16+/t33-,35+/m0/s1. The molecule has 1 saturated carbocycles. The first-order valence-electron chi connectivity index (χ1n) is 15.9. The van der Waals surface area contributed by atoms with E-state index in [4.69, 9.17) is 20.9 Å². The van der Waals surface area contributed by atoms with Crippen LogP contribution in [-0.4, -0.2) is 55.5 Å². The molecule has 1 aliphatic carbocycles. The molecular weight excluding hydrogens is 671 g/mol. The molecule has 0 radical (unpaired) electrons. The van der Waals surface area contributed by atoms with Gasteiger partial charge >= 0.3 is 6.29 Å². The molecule has 2 amide bonds. The lowest BCUT2D eigenvalue weighted by Gasteiger charge is -2.27. The van der Waals surface area contributed by atoms with Crippen LogP contribution in [0.2, 0.25) is 0 Å². The number of ether oxygens (including phenoxy) is 4. The van der Waals surface area contributed by atoms with E-state index in [9.17, 15) is 27.9 Å². The molecule has 51 heavy (non-hydrogen) atoms. The highest BCUT2D eigenvalue weighted by Crippen LogP contribution is 2.48. The fraction of sp³-hybridized carbons (Fsp3) is 0.278. The van der Waals surface area contributed by atoms with Crippen LogP contribution in [-0.2, 0) is 15.8 Å². The summed E-state index contributed by atoms with van der Waals surface area (Å²) in [5.41, 5.74) is 10.5. The number of pyridine rings is 1. The number of alkyl halides is 3. The Kier molecular flexibility index (Phi) is 7.85. The van der Waals surface area contributed by atoms with Gasteiger partial charge in [0.25, 0.3) is 11.6 Å². The van der Waals surface area contributed by atoms with Crippen molar-refractivity contribution in [1.29, 1.82) is 0 Å². The summed E-state index contributed by atoms with van der Waals surface area (Å²) in [4.78, 5) is 33.7. The number of anilines is 1. The van der Waals surface area contributed by atoms with Crippen LogP contribution in [0, 0.1) is 0 Å². The number of fused-ring (bicyclic) bond motifs is 2. The number of aromatic nitrogens is 1. The number of nitrogens with two attached hydrogens (primary N) is 2. The van der Waals surface area contributed by atoms with Crippen LogP contribution in [0.1, 0.15) is 52.5 Å². The van der Waals surface area contributed by atoms with E-state index in [1.165, 1.54) is 49.7 Å². The van der Waals surface area contributed by atoms with Gasteiger partial charge in [-0.1, -0.05) is 30.3 Å². The Morgan fingerprint density at radius 3 is 2.49 bits per heavy atom. The number of aliphatic imine (C=N–C) groups is 1. The van der Waals surface area contributed by atoms with Gasteiger partial charge in [-0.05, 0) is 42.8 Å². The molecular formula is C36H33F3N5O7+. The Labute approximate surface area is 289 Å². The highest BCUT2D eigenvalue weighted by atomic mass is 19.3. The van der Waals surface area contributed by atoms with E-state index in [0.717, 1.165) is 0 Å². The number of nitrogens with one attached hydrogen (secondary N) is 2. The van der Waals surface area contributed by atoms with Crippen molar-refractivity contribution in [2.45, 2.75) is 42.9 Å². The molecule has 1 aromatic heterocycles. The largest absolute Gasteiger partial charge is 0.586 e. The van der Waals surface area contributed by atoms with Crippen molar-refractivity contribution in [2.24, 2.45) is 10.7 Å². The topological polar surface area (TPSA) is 182 Å². The smallest absolute Gasteiger partial charge is 0.495 e. The van der Waals surface area contributed by atoms with E-state index in [1.54, 1.807) is 37.3 Å². The van der Waals surface area contributed by atoms with Gasteiger partial charge in [0.2, 0.25) is 11.6 Å². The highest BCUT2D eigenvalue weighted by molar-refractivity contribution is 5.99. The normalized spacial score (nSPS) is 20.3. The van der Waals surface area contributed by atoms with Crippen molar-refractivity contribution >= 4 is 23.7 Å². The number of rotatable bonds is 10. The van der Waals surface area contributed by atoms with Crippen LogP contribution in [0.3, 0.4) is 0 Å². The molecule has 0 spiro atoms. The molecule has 2 atom stereocenters. The van der Waals surface area contributed by atoms with E-state index < -0.39 is 41.5 Å². The van der Waals surface area contributed by atoms with Crippen molar-refractivity contribution < 1.29 is 51.8 Å². The van der Waals surface area contributed by atoms with Crippen molar-refractivity contribution in [3.63, 3.8) is 0 Å². The average molecular weight is 705 g/mol. The first-order valence-corrected chi connectivity index (χ1v) is 15.9. The lowest BCUT2D eigenvalue weighted by Crippen LogP contribution is -2.46. The highest BCUT2D eigenvalue weighted by Gasteiger charge is 2.49. The summed E-state index contributed by atoms with van der Waals surface area (Å²) < 4.78 is 62.6. The predicted molar refractivity (Wildman–Crippen MR) is 177 cm³/mol. The van der Waals surface area contributed by atoms with Crippen LogP contribution >= 0.6 is 0 Å². The molecule has 3 heterocycles. The summed E-state index contributed by atoms with van der Waals surface area (Å²) in [5, 5.41) is 15.4. The monoisotopic (exact) mass is 704 g/mol. The fourth-order valence-electron chi connectivity index (χ4n) is 6.01. The number of amides is 2. The van der Waals surface area contributed by atoms with Gasteiger partial charge < -0.3 is 40.8 Å². The lowest BCUT2D eigenvalue weighted by atomic mass is 9.80. The molecule has 264 valence electrons. The number of H-pyrrole nitrogens is 1. The molecule has 15 heteroatoms. The maximum Gasteiger partial charge on any atom is 0.586 e. The van der Waals surface area contributed by atoms with E-state index >= 15 is 0 Å². The third kappa shape index (κ3) is 6.03. The third-order valence-electron chi connectivity index (χ3n) is 9.31. The van der Waals surface area contributed by atoms with Crippen LogP contribution in [0.25, 0.3) is 11.3 Å². The van der Waals surface area contributed by atoms with E-state index in [-0.39, 0.29) is 70.6 Å². The summed E-state index contributed by atoms with van der Waals surface area (Å²) in [6.07, 6.45) is -2.03. The van der Waals surface area contributed by atoms with Gasteiger partial charge in [0.05, 0.1) is 24.9 Å². The first-order chi connectivity index (χ1) is 24.1. The molecule has 7 rings (SSSR count). The number of hydrogen-bond donors (Lipinski definition) is 4. The summed E-state index contributed by atoms with van der Waals surface area (Å²) in [7, 11) is 1.37. The Morgan fingerprint density at radius 2 is 1.80 bits per heavy atom. The zero-order valence-electron chi connectivity index (χ0n) is 27.4. The second-order valence-corrected chi connectivity index (χ2v) is 12.9. The number of halogens is 3. The molecule has 3 aromatic carbocycles. The van der Waals surface area contributed by atoms with Crippen LogP contribution in [0.15, 0.2) is 71.7 Å². The van der Waals surface area contributed by atoms with Crippen molar-refractivity contribution in [3.8, 4) is 34.3 Å². The van der Waals surface area contributed by atoms with Gasteiger partial charge in [0.15, 0.2) is 28.6 Å². The fourth-order valence-corrected chi connectivity index (χ4v) is 6.01. The zero-order chi connectivity index (χ0) is 36.3. The minimum atomic E-state index is -3.87. The molecule has 7 N–H and O–H groups in total. The summed E-state index contributed by atoms with van der Waals surface area (Å²) >= 11 is 0. The van der Waals surface area contributed by atoms with Crippen LogP contribution in [0.4, 0.5) is 18.9 Å². The second-order valence-electron chi connectivity index (χ2n) is 12.9. The van der Waals surface area contributed by atoms with Gasteiger partial charge in [0.1, 0.15) is 17.8 Å². The third-order valence-corrected chi connectivity index (χ3v) is 9.31. The molecule has 2 aliphatic heterocycles. The number of carbonyl (C=O) groups excluding carboxylic acids is 2. The molecule has 1 fully saturated rings. The van der Waals surface area contributed by atoms with Gasteiger partial charge in [-0.25, -0.2) is 9.37 Å². The SMILES string of the molecule is COc1cc(C(=O)NC[C@@](O)(c2ccccc2)c2cc3c(c(-c4ccc5c(c4)OC(F)(F)O5)[nH+]2)OC[C@]3(C)C(N)=O)cc(/C=N/C2(F)CC2)c1N. The van der Waals surface area contributed by atoms with Gasteiger partial charge in [-0.2, -0.15) is 0 Å². The molecule has 4 aromatic rings. The maximum absolute atomic E-state index is 14.3. The number of methoxy groups -OCH3 is 1. The summed E-state index contributed by atoms with van der Waals surface area (Å²) in [6, 6.07) is 16.9. The number of aliphatic hydroxyl groups is 1. The van der Waals surface area contributed by atoms with E-state index in [0.29, 0.717) is 16.7 Å². The zero-order valence-corrected chi connectivity index (χ0v) is 27.4. The van der Waals surface area contributed by atoms with E-state index in [1.807, 2.05) is 0 Å². The quantitative estimate of drug-likeness (QED) is 0.109. The number of aromatic amines is 1. The van der Waals surface area contributed by atoms with Crippen LogP contribution in [0.5, 0.6) is 23.0 Å². The second kappa shape index (κ2) is 11.9. The van der Waals surface area contributed by atoms with Crippen molar-refractivity contribution in [1.82, 2.24) is 5.32 Å². The Morgan fingerprint density at radius 1 is 1.08 bits per heavy atom. The molecule has 3 aliphatic rings. The minimum Gasteiger partial charge on any atom is -0.495 e. The lowest BCUT2D eigenvalue weighted by molar-refractivity contribution is -0.393. The van der Waals surface area contributed by atoms with Crippen molar-refractivity contribution in [3.05, 3.63) is 94.7 Å². The van der Waals surface area contributed by atoms with Crippen molar-refractivity contribution in [2.75, 3.05) is 26.0 Å². The van der Waals surface area contributed by atoms with Gasteiger partial charge in [-0.15, -0.1) is 8.78 Å². The molecule has 0 bridgehead atoms. The van der Waals surface area contributed by atoms with E-state index in [2.05, 4.69) is 24.8 Å². The number of nitrogen functional groups attached to an aromatic ring is 1. The van der Waals surface area contributed by atoms with Gasteiger partial charge in [0, 0.05) is 41.8 Å². The number of hydrogen-bond acceptors (Lipinski definition) is 9. The number of nitrogens with zero attached hydrogens (tertiary/aromatic N) is 1. The number of benzene rings is 3. The van der Waals surface area contributed by atoms with Crippen LogP contribution < -0.4 is 40.7 Å². The first kappa shape index (κ1) is 33.7. The molecule has 12 nitrogen and oxygen atoms in total. The summed E-state index contributed by atoms with van der Waals surface area (Å²) in [6.45, 7) is 1.02. The minimum absolute atomic E-state index is 0.0899. The predicted octanol–water partition coefficient (Wildman–Crippen LogP) is 3.76.